The van der Waals surface area contributed by atoms with Crippen molar-refractivity contribution in [2.45, 2.75) is 45.1 Å². The molecule has 2 N–H and O–H groups in total. The van der Waals surface area contributed by atoms with Gasteiger partial charge in [-0.2, -0.15) is 0 Å². The summed E-state index contributed by atoms with van der Waals surface area (Å²) in [6.07, 6.45) is 11.4. The van der Waals surface area contributed by atoms with Crippen LogP contribution in [0.2, 0.25) is 0 Å². The maximum Gasteiger partial charge on any atom is 0.0226 e. The Balaban J connectivity index is 2.18. The van der Waals surface area contributed by atoms with Gasteiger partial charge in [-0.3, -0.25) is 0 Å². The fourth-order valence-corrected chi connectivity index (χ4v) is 2.79. The van der Waals surface area contributed by atoms with Gasteiger partial charge in [-0.05, 0) is 30.6 Å². The highest BCUT2D eigenvalue weighted by molar-refractivity contribution is 5.11. The van der Waals surface area contributed by atoms with Crippen LogP contribution in [0.4, 0.5) is 0 Å². The van der Waals surface area contributed by atoms with Crippen molar-refractivity contribution >= 4 is 0 Å². The summed E-state index contributed by atoms with van der Waals surface area (Å²) in [6, 6.07) is 0.334. The third-order valence-corrected chi connectivity index (χ3v) is 3.73. The molecule has 3 unspecified atom stereocenters. The van der Waals surface area contributed by atoms with Gasteiger partial charge in [0.15, 0.2) is 0 Å². The number of rotatable bonds is 0. The highest BCUT2D eigenvalue weighted by Gasteiger charge is 2.36. The SMILES string of the molecule is CC12C=CC(N)CC1CCCC2. The summed E-state index contributed by atoms with van der Waals surface area (Å²) in [5.41, 5.74) is 6.41. The number of hydrogen-bond acceptors (Lipinski definition) is 1. The molecule has 2 aliphatic rings. The van der Waals surface area contributed by atoms with Crippen LogP contribution in [-0.2, 0) is 0 Å². The van der Waals surface area contributed by atoms with Crippen LogP contribution in [-0.4, -0.2) is 6.04 Å². The van der Waals surface area contributed by atoms with Crippen molar-refractivity contribution in [3.8, 4) is 0 Å². The molecule has 1 heteroatoms. The fourth-order valence-electron chi connectivity index (χ4n) is 2.79. The molecule has 0 aromatic rings. The molecule has 1 fully saturated rings. The number of hydrogen-bond donors (Lipinski definition) is 1. The van der Waals surface area contributed by atoms with E-state index >= 15 is 0 Å². The summed E-state index contributed by atoms with van der Waals surface area (Å²) < 4.78 is 0. The monoisotopic (exact) mass is 165 g/mol. The third kappa shape index (κ3) is 1.31. The van der Waals surface area contributed by atoms with Gasteiger partial charge >= 0.3 is 0 Å². The van der Waals surface area contributed by atoms with E-state index in [1.807, 2.05) is 0 Å². The first kappa shape index (κ1) is 8.31. The molecule has 3 atom stereocenters. The Morgan fingerprint density at radius 3 is 3.08 bits per heavy atom. The highest BCUT2D eigenvalue weighted by atomic mass is 14.6. The summed E-state index contributed by atoms with van der Waals surface area (Å²) in [5, 5.41) is 0. The van der Waals surface area contributed by atoms with Crippen molar-refractivity contribution < 1.29 is 0 Å². The lowest BCUT2D eigenvalue weighted by molar-refractivity contribution is 0.147. The van der Waals surface area contributed by atoms with E-state index in [9.17, 15) is 0 Å². The molecule has 0 aromatic carbocycles. The minimum absolute atomic E-state index is 0.334. The molecular weight excluding hydrogens is 146 g/mol. The maximum absolute atomic E-state index is 5.91. The normalized spacial score (nSPS) is 47.2. The summed E-state index contributed by atoms with van der Waals surface area (Å²) in [5.74, 6) is 0.867. The quantitative estimate of drug-likeness (QED) is 0.548. The van der Waals surface area contributed by atoms with E-state index in [-0.39, 0.29) is 0 Å². The summed E-state index contributed by atoms with van der Waals surface area (Å²) in [7, 11) is 0. The lowest BCUT2D eigenvalue weighted by Crippen LogP contribution is -2.37. The molecule has 0 amide bonds. The zero-order chi connectivity index (χ0) is 8.60. The Labute approximate surface area is 75.0 Å². The van der Waals surface area contributed by atoms with Gasteiger partial charge in [-0.15, -0.1) is 0 Å². The smallest absolute Gasteiger partial charge is 0.0226 e. The highest BCUT2D eigenvalue weighted by Crippen LogP contribution is 2.46. The minimum Gasteiger partial charge on any atom is -0.324 e. The number of allylic oxidation sites excluding steroid dienone is 1. The Hall–Kier alpha value is -0.300. The van der Waals surface area contributed by atoms with E-state index in [1.165, 1.54) is 32.1 Å². The topological polar surface area (TPSA) is 26.0 Å². The molecule has 2 aliphatic carbocycles. The second kappa shape index (κ2) is 2.88. The molecule has 1 saturated carbocycles. The van der Waals surface area contributed by atoms with Gasteiger partial charge in [0.05, 0.1) is 0 Å². The van der Waals surface area contributed by atoms with Crippen LogP contribution in [0.25, 0.3) is 0 Å². The first-order valence-electron chi connectivity index (χ1n) is 5.16. The average molecular weight is 165 g/mol. The lowest BCUT2D eigenvalue weighted by Gasteiger charge is -2.43. The van der Waals surface area contributed by atoms with Crippen molar-refractivity contribution in [2.24, 2.45) is 17.1 Å². The lowest BCUT2D eigenvalue weighted by atomic mass is 9.63. The summed E-state index contributed by atoms with van der Waals surface area (Å²) in [6.45, 7) is 2.40. The Bertz CT molecular complexity index is 197. The van der Waals surface area contributed by atoms with Crippen LogP contribution in [0.15, 0.2) is 12.2 Å². The average Bonchev–Trinajstić information content (AvgIpc) is 2.06. The van der Waals surface area contributed by atoms with Gasteiger partial charge < -0.3 is 5.73 Å². The molecule has 0 radical (unpaired) electrons. The molecule has 0 heterocycles. The fraction of sp³-hybridized carbons (Fsp3) is 0.818. The molecule has 2 rings (SSSR count). The molecule has 0 saturated heterocycles. The van der Waals surface area contributed by atoms with Crippen molar-refractivity contribution in [3.05, 3.63) is 12.2 Å². The van der Waals surface area contributed by atoms with E-state index in [0.717, 1.165) is 5.92 Å². The number of nitrogens with two attached hydrogens (primary N) is 1. The molecular formula is C11H19N. The Kier molecular flexibility index (Phi) is 1.99. The van der Waals surface area contributed by atoms with Crippen LogP contribution in [0, 0.1) is 11.3 Å². The van der Waals surface area contributed by atoms with Gasteiger partial charge in [0, 0.05) is 6.04 Å². The molecule has 68 valence electrons. The third-order valence-electron chi connectivity index (χ3n) is 3.73. The standard InChI is InChI=1S/C11H19N/c1-11-6-3-2-4-9(11)8-10(12)5-7-11/h5,7,9-10H,2-4,6,8,12H2,1H3. The molecule has 0 aromatic heterocycles. The predicted octanol–water partition coefficient (Wildman–Crippen LogP) is 2.47. The zero-order valence-electron chi connectivity index (χ0n) is 7.92. The van der Waals surface area contributed by atoms with Gasteiger partial charge in [0.2, 0.25) is 0 Å². The van der Waals surface area contributed by atoms with Crippen LogP contribution in [0.3, 0.4) is 0 Å². The predicted molar refractivity (Wildman–Crippen MR) is 51.8 cm³/mol. The largest absolute Gasteiger partial charge is 0.324 e. The van der Waals surface area contributed by atoms with Crippen LogP contribution in [0.5, 0.6) is 0 Å². The van der Waals surface area contributed by atoms with E-state index in [1.54, 1.807) is 0 Å². The van der Waals surface area contributed by atoms with Crippen molar-refractivity contribution in [2.75, 3.05) is 0 Å². The van der Waals surface area contributed by atoms with E-state index in [0.29, 0.717) is 11.5 Å². The molecule has 0 aliphatic heterocycles. The van der Waals surface area contributed by atoms with E-state index in [4.69, 9.17) is 5.73 Å². The Morgan fingerprint density at radius 2 is 2.25 bits per heavy atom. The molecule has 0 spiro atoms. The molecule has 0 bridgehead atoms. The van der Waals surface area contributed by atoms with Crippen molar-refractivity contribution in [1.82, 2.24) is 0 Å². The first-order valence-corrected chi connectivity index (χ1v) is 5.16. The maximum atomic E-state index is 5.91. The van der Waals surface area contributed by atoms with Crippen molar-refractivity contribution in [3.63, 3.8) is 0 Å². The van der Waals surface area contributed by atoms with Gasteiger partial charge in [-0.1, -0.05) is 31.9 Å². The van der Waals surface area contributed by atoms with Crippen LogP contribution < -0.4 is 5.73 Å². The second-order valence-electron chi connectivity index (χ2n) is 4.71. The molecule has 1 nitrogen and oxygen atoms in total. The minimum atomic E-state index is 0.334. The van der Waals surface area contributed by atoms with Gasteiger partial charge in [0.25, 0.3) is 0 Å². The zero-order valence-corrected chi connectivity index (χ0v) is 7.92. The van der Waals surface area contributed by atoms with Gasteiger partial charge in [0.1, 0.15) is 0 Å². The first-order chi connectivity index (χ1) is 5.71. The van der Waals surface area contributed by atoms with Gasteiger partial charge in [-0.25, -0.2) is 0 Å². The van der Waals surface area contributed by atoms with Crippen LogP contribution in [0.1, 0.15) is 39.0 Å². The molecule has 12 heavy (non-hydrogen) atoms. The summed E-state index contributed by atoms with van der Waals surface area (Å²) in [4.78, 5) is 0. The Morgan fingerprint density at radius 1 is 1.42 bits per heavy atom. The van der Waals surface area contributed by atoms with Crippen molar-refractivity contribution in [1.29, 1.82) is 0 Å². The van der Waals surface area contributed by atoms with Crippen LogP contribution >= 0.6 is 0 Å². The second-order valence-corrected chi connectivity index (χ2v) is 4.71. The number of fused-ring (bicyclic) bond motifs is 1. The van der Waals surface area contributed by atoms with E-state index in [2.05, 4.69) is 19.1 Å². The summed E-state index contributed by atoms with van der Waals surface area (Å²) >= 11 is 0. The van der Waals surface area contributed by atoms with E-state index < -0.39 is 0 Å².